The molecule has 0 atom stereocenters. The quantitative estimate of drug-likeness (QED) is 0.769. The zero-order valence-electron chi connectivity index (χ0n) is 10.3. The monoisotopic (exact) mass is 309 g/mol. The molecule has 2 rings (SSSR count). The predicted molar refractivity (Wildman–Crippen MR) is 74.4 cm³/mol. The van der Waals surface area contributed by atoms with E-state index in [2.05, 4.69) is 38.4 Å². The lowest BCUT2D eigenvalue weighted by molar-refractivity contribution is 0.202. The highest BCUT2D eigenvalue weighted by atomic mass is 79.9. The average Bonchev–Trinajstić information content (AvgIpc) is 2.86. The zero-order chi connectivity index (χ0) is 12.8. The minimum absolute atomic E-state index is 0.708. The van der Waals surface area contributed by atoms with Gasteiger partial charge in [-0.3, -0.25) is 0 Å². The van der Waals surface area contributed by atoms with Gasteiger partial charge >= 0.3 is 0 Å². The van der Waals surface area contributed by atoms with Crippen LogP contribution in [0.4, 0.5) is 0 Å². The van der Waals surface area contributed by atoms with Crippen molar-refractivity contribution in [1.82, 2.24) is 15.0 Å². The minimum atomic E-state index is 0.708. The Bertz CT molecular complexity index is 498. The van der Waals surface area contributed by atoms with Gasteiger partial charge in [0.15, 0.2) is 0 Å². The zero-order valence-corrected chi connectivity index (χ0v) is 11.9. The third-order valence-electron chi connectivity index (χ3n) is 2.71. The highest BCUT2D eigenvalue weighted by Crippen LogP contribution is 2.14. The molecule has 0 saturated heterocycles. The lowest BCUT2D eigenvalue weighted by atomic mass is 10.1. The SMILES string of the molecule is COCCc1ccccc1-n1cc(CCBr)nn1. The molecule has 2 aromatic rings. The van der Waals surface area contributed by atoms with Gasteiger partial charge in [0.25, 0.3) is 0 Å². The average molecular weight is 310 g/mol. The molecule has 5 heteroatoms. The molecular formula is C13H16BrN3O. The van der Waals surface area contributed by atoms with E-state index in [0.717, 1.165) is 29.6 Å². The maximum Gasteiger partial charge on any atom is 0.0840 e. The van der Waals surface area contributed by atoms with E-state index in [-0.39, 0.29) is 0 Å². The van der Waals surface area contributed by atoms with Crippen LogP contribution in [-0.4, -0.2) is 34.0 Å². The lowest BCUT2D eigenvalue weighted by Crippen LogP contribution is -2.03. The van der Waals surface area contributed by atoms with E-state index in [1.54, 1.807) is 7.11 Å². The summed E-state index contributed by atoms with van der Waals surface area (Å²) in [4.78, 5) is 0. The third kappa shape index (κ3) is 3.17. The number of ether oxygens (including phenoxy) is 1. The summed E-state index contributed by atoms with van der Waals surface area (Å²) in [7, 11) is 1.71. The molecule has 0 saturated carbocycles. The van der Waals surface area contributed by atoms with Crippen LogP contribution in [0, 0.1) is 0 Å². The second kappa shape index (κ2) is 6.66. The number of hydrogen-bond donors (Lipinski definition) is 0. The van der Waals surface area contributed by atoms with Crippen LogP contribution in [0.15, 0.2) is 30.5 Å². The van der Waals surface area contributed by atoms with Gasteiger partial charge in [-0.25, -0.2) is 4.68 Å². The molecule has 18 heavy (non-hydrogen) atoms. The normalized spacial score (nSPS) is 10.8. The third-order valence-corrected chi connectivity index (χ3v) is 3.10. The van der Waals surface area contributed by atoms with Crippen LogP contribution < -0.4 is 0 Å². The van der Waals surface area contributed by atoms with Crippen molar-refractivity contribution >= 4 is 15.9 Å². The Morgan fingerprint density at radius 3 is 2.89 bits per heavy atom. The van der Waals surface area contributed by atoms with Gasteiger partial charge in [0.1, 0.15) is 0 Å². The maximum absolute atomic E-state index is 5.13. The fourth-order valence-corrected chi connectivity index (χ4v) is 2.19. The molecule has 96 valence electrons. The van der Waals surface area contributed by atoms with E-state index in [1.165, 1.54) is 5.56 Å². The molecule has 0 N–H and O–H groups in total. The lowest BCUT2D eigenvalue weighted by Gasteiger charge is -2.07. The summed E-state index contributed by atoms with van der Waals surface area (Å²) in [6.07, 6.45) is 3.74. The Kier molecular flexibility index (Phi) is 4.90. The first kappa shape index (κ1) is 13.2. The van der Waals surface area contributed by atoms with Gasteiger partial charge in [0.05, 0.1) is 24.2 Å². The molecule has 0 bridgehead atoms. The minimum Gasteiger partial charge on any atom is -0.384 e. The van der Waals surface area contributed by atoms with E-state index >= 15 is 0 Å². The molecule has 0 unspecified atom stereocenters. The van der Waals surface area contributed by atoms with Crippen molar-refractivity contribution in [2.24, 2.45) is 0 Å². The summed E-state index contributed by atoms with van der Waals surface area (Å²) in [5, 5.41) is 9.23. The number of halogens is 1. The van der Waals surface area contributed by atoms with Crippen LogP contribution in [0.1, 0.15) is 11.3 Å². The number of aryl methyl sites for hydroxylation is 1. The van der Waals surface area contributed by atoms with Crippen LogP contribution >= 0.6 is 15.9 Å². The van der Waals surface area contributed by atoms with Crippen molar-refractivity contribution in [2.75, 3.05) is 19.0 Å². The molecule has 0 aliphatic rings. The number of para-hydroxylation sites is 1. The first-order valence-electron chi connectivity index (χ1n) is 5.89. The van der Waals surface area contributed by atoms with E-state index in [1.807, 2.05) is 23.0 Å². The molecule has 0 spiro atoms. The molecule has 1 heterocycles. The Hall–Kier alpha value is -1.20. The predicted octanol–water partition coefficient (Wildman–Crippen LogP) is 2.39. The molecule has 1 aromatic heterocycles. The molecule has 1 aromatic carbocycles. The maximum atomic E-state index is 5.13. The van der Waals surface area contributed by atoms with E-state index in [4.69, 9.17) is 4.74 Å². The Balaban J connectivity index is 2.25. The molecule has 4 nitrogen and oxygen atoms in total. The van der Waals surface area contributed by atoms with Crippen LogP contribution in [0.25, 0.3) is 5.69 Å². The van der Waals surface area contributed by atoms with Crippen molar-refractivity contribution in [2.45, 2.75) is 12.8 Å². The standard InChI is InChI=1S/C13H16BrN3O/c1-18-9-7-11-4-2-3-5-13(11)17-10-12(6-8-14)15-16-17/h2-5,10H,6-9H2,1H3. The van der Waals surface area contributed by atoms with Gasteiger partial charge in [0, 0.05) is 18.9 Å². The van der Waals surface area contributed by atoms with E-state index in [0.29, 0.717) is 6.61 Å². The van der Waals surface area contributed by atoms with Gasteiger partial charge in [-0.15, -0.1) is 5.10 Å². The van der Waals surface area contributed by atoms with Gasteiger partial charge in [-0.2, -0.15) is 0 Å². The summed E-state index contributed by atoms with van der Waals surface area (Å²) < 4.78 is 6.97. The smallest absolute Gasteiger partial charge is 0.0840 e. The number of benzene rings is 1. The summed E-state index contributed by atoms with van der Waals surface area (Å²) in [5.74, 6) is 0. The van der Waals surface area contributed by atoms with Crippen molar-refractivity contribution < 1.29 is 4.74 Å². The largest absolute Gasteiger partial charge is 0.384 e. The Morgan fingerprint density at radius 2 is 2.11 bits per heavy atom. The van der Waals surface area contributed by atoms with Crippen LogP contribution in [0.3, 0.4) is 0 Å². The van der Waals surface area contributed by atoms with Crippen molar-refractivity contribution in [1.29, 1.82) is 0 Å². The summed E-state index contributed by atoms with van der Waals surface area (Å²) in [6, 6.07) is 8.19. The Labute approximate surface area is 115 Å². The fourth-order valence-electron chi connectivity index (χ4n) is 1.79. The van der Waals surface area contributed by atoms with E-state index in [9.17, 15) is 0 Å². The van der Waals surface area contributed by atoms with E-state index < -0.39 is 0 Å². The molecule has 0 aliphatic heterocycles. The first-order chi connectivity index (χ1) is 8.85. The van der Waals surface area contributed by atoms with Gasteiger partial charge in [-0.05, 0) is 18.1 Å². The first-order valence-corrected chi connectivity index (χ1v) is 7.01. The summed E-state index contributed by atoms with van der Waals surface area (Å²) in [5.41, 5.74) is 3.28. The van der Waals surface area contributed by atoms with Gasteiger partial charge in [0.2, 0.25) is 0 Å². The highest BCUT2D eigenvalue weighted by Gasteiger charge is 2.06. The number of methoxy groups -OCH3 is 1. The topological polar surface area (TPSA) is 39.9 Å². The molecule has 0 aliphatic carbocycles. The summed E-state index contributed by atoms with van der Waals surface area (Å²) in [6.45, 7) is 0.708. The second-order valence-corrected chi connectivity index (χ2v) is 4.76. The van der Waals surface area contributed by atoms with Crippen LogP contribution in [-0.2, 0) is 17.6 Å². The highest BCUT2D eigenvalue weighted by molar-refractivity contribution is 9.09. The van der Waals surface area contributed by atoms with Crippen molar-refractivity contribution in [3.05, 3.63) is 41.7 Å². The van der Waals surface area contributed by atoms with Crippen LogP contribution in [0.5, 0.6) is 0 Å². The van der Waals surface area contributed by atoms with Crippen LogP contribution in [0.2, 0.25) is 0 Å². The molecular weight excluding hydrogens is 294 g/mol. The number of rotatable bonds is 6. The second-order valence-electron chi connectivity index (χ2n) is 3.96. The Morgan fingerprint density at radius 1 is 1.28 bits per heavy atom. The number of nitrogens with zero attached hydrogens (tertiary/aromatic N) is 3. The molecule has 0 fully saturated rings. The number of hydrogen-bond acceptors (Lipinski definition) is 3. The molecule has 0 radical (unpaired) electrons. The summed E-state index contributed by atoms with van der Waals surface area (Å²) >= 11 is 3.41. The number of aromatic nitrogens is 3. The number of alkyl halides is 1. The van der Waals surface area contributed by atoms with Crippen molar-refractivity contribution in [3.8, 4) is 5.69 Å². The molecule has 0 amide bonds. The van der Waals surface area contributed by atoms with Gasteiger partial charge in [-0.1, -0.05) is 39.3 Å². The van der Waals surface area contributed by atoms with Gasteiger partial charge < -0.3 is 4.74 Å². The fraction of sp³-hybridized carbons (Fsp3) is 0.385. The van der Waals surface area contributed by atoms with Crippen molar-refractivity contribution in [3.63, 3.8) is 0 Å².